The minimum atomic E-state index is -0.892. The van der Waals surface area contributed by atoms with Gasteiger partial charge in [0.2, 0.25) is 0 Å². The third kappa shape index (κ3) is 1.91. The Bertz CT molecular complexity index is 395. The molecule has 1 aliphatic rings. The second-order valence-corrected chi connectivity index (χ2v) is 3.59. The second-order valence-electron chi connectivity index (χ2n) is 3.59. The molecule has 5 heteroatoms. The van der Waals surface area contributed by atoms with Gasteiger partial charge < -0.3 is 9.84 Å². The molecule has 1 aliphatic heterocycles. The lowest BCUT2D eigenvalue weighted by molar-refractivity contribution is -0.149. The van der Waals surface area contributed by atoms with E-state index in [0.717, 1.165) is 5.69 Å². The average molecular weight is 222 g/mol. The third-order valence-electron chi connectivity index (χ3n) is 2.59. The molecule has 2 N–H and O–H groups in total. The van der Waals surface area contributed by atoms with Crippen molar-refractivity contribution in [3.05, 3.63) is 29.6 Å². The molecule has 2 rings (SSSR count). The van der Waals surface area contributed by atoms with Gasteiger partial charge in [-0.2, -0.15) is 0 Å². The van der Waals surface area contributed by atoms with Gasteiger partial charge in [-0.15, -0.1) is 0 Å². The maximum absolute atomic E-state index is 11.6. The van der Waals surface area contributed by atoms with E-state index >= 15 is 0 Å². The molecule has 0 aromatic carbocycles. The molecule has 16 heavy (non-hydrogen) atoms. The molecule has 2 atom stereocenters. The Hall–Kier alpha value is -1.46. The smallest absolute Gasteiger partial charge is 0.326 e. The average Bonchev–Trinajstić information content (AvgIpc) is 2.30. The molecule has 0 fully saturated rings. The van der Waals surface area contributed by atoms with Gasteiger partial charge in [0.25, 0.3) is 0 Å². The number of aromatic nitrogens is 1. The number of pyridine rings is 1. The first-order valence-corrected chi connectivity index (χ1v) is 5.26. The van der Waals surface area contributed by atoms with E-state index in [2.05, 4.69) is 10.3 Å². The Balaban J connectivity index is 2.21. The zero-order valence-corrected chi connectivity index (χ0v) is 9.01. The van der Waals surface area contributed by atoms with Crippen molar-refractivity contribution in [1.82, 2.24) is 10.3 Å². The first kappa shape index (κ1) is 11.0. The number of aliphatic hydroxyl groups is 1. The molecule has 0 amide bonds. The Kier molecular flexibility index (Phi) is 3.17. The SMILES string of the molecule is CCOC(=O)C1NCc2ncccc2C1O. The highest BCUT2D eigenvalue weighted by Crippen LogP contribution is 2.24. The van der Waals surface area contributed by atoms with Crippen molar-refractivity contribution in [3.63, 3.8) is 0 Å². The van der Waals surface area contributed by atoms with Crippen LogP contribution in [-0.2, 0) is 16.1 Å². The van der Waals surface area contributed by atoms with E-state index in [1.807, 2.05) is 0 Å². The number of hydrogen-bond donors (Lipinski definition) is 2. The van der Waals surface area contributed by atoms with Crippen LogP contribution in [0.3, 0.4) is 0 Å². The van der Waals surface area contributed by atoms with Crippen LogP contribution in [0.15, 0.2) is 18.3 Å². The fourth-order valence-electron chi connectivity index (χ4n) is 1.81. The number of aliphatic hydroxyl groups excluding tert-OH is 1. The van der Waals surface area contributed by atoms with Crippen molar-refractivity contribution >= 4 is 5.97 Å². The van der Waals surface area contributed by atoms with Crippen molar-refractivity contribution in [2.45, 2.75) is 25.6 Å². The zero-order chi connectivity index (χ0) is 11.5. The van der Waals surface area contributed by atoms with Crippen molar-refractivity contribution in [2.75, 3.05) is 6.61 Å². The summed E-state index contributed by atoms with van der Waals surface area (Å²) in [4.78, 5) is 15.7. The fourth-order valence-corrected chi connectivity index (χ4v) is 1.81. The van der Waals surface area contributed by atoms with Gasteiger partial charge in [0, 0.05) is 18.3 Å². The summed E-state index contributed by atoms with van der Waals surface area (Å²) in [6.45, 7) is 2.52. The molecule has 0 saturated carbocycles. The summed E-state index contributed by atoms with van der Waals surface area (Å²) in [5, 5.41) is 12.9. The number of nitrogens with zero attached hydrogens (tertiary/aromatic N) is 1. The monoisotopic (exact) mass is 222 g/mol. The molecule has 0 aliphatic carbocycles. The van der Waals surface area contributed by atoms with E-state index in [1.165, 1.54) is 0 Å². The predicted octanol–water partition coefficient (Wildman–Crippen LogP) is 0.150. The van der Waals surface area contributed by atoms with Crippen LogP contribution in [0.25, 0.3) is 0 Å². The molecule has 0 bridgehead atoms. The highest BCUT2D eigenvalue weighted by Gasteiger charge is 2.34. The molecule has 5 nitrogen and oxygen atoms in total. The summed E-state index contributed by atoms with van der Waals surface area (Å²) >= 11 is 0. The standard InChI is InChI=1S/C11H14N2O3/c1-2-16-11(15)9-10(14)7-4-3-5-12-8(7)6-13-9/h3-5,9-10,13-14H,2,6H2,1H3. The zero-order valence-electron chi connectivity index (χ0n) is 9.01. The van der Waals surface area contributed by atoms with E-state index in [9.17, 15) is 9.90 Å². The number of hydrogen-bond acceptors (Lipinski definition) is 5. The number of nitrogens with one attached hydrogen (secondary N) is 1. The highest BCUT2D eigenvalue weighted by atomic mass is 16.5. The minimum absolute atomic E-state index is 0.309. The number of carbonyl (C=O) groups is 1. The van der Waals surface area contributed by atoms with Crippen LogP contribution in [-0.4, -0.2) is 28.7 Å². The van der Waals surface area contributed by atoms with E-state index in [0.29, 0.717) is 18.7 Å². The van der Waals surface area contributed by atoms with Crippen molar-refractivity contribution in [1.29, 1.82) is 0 Å². The van der Waals surface area contributed by atoms with E-state index < -0.39 is 18.1 Å². The minimum Gasteiger partial charge on any atom is -0.465 e. The maximum Gasteiger partial charge on any atom is 0.326 e. The van der Waals surface area contributed by atoms with Crippen LogP contribution < -0.4 is 5.32 Å². The van der Waals surface area contributed by atoms with Crippen molar-refractivity contribution in [2.24, 2.45) is 0 Å². The van der Waals surface area contributed by atoms with E-state index in [-0.39, 0.29) is 0 Å². The first-order valence-electron chi connectivity index (χ1n) is 5.26. The quantitative estimate of drug-likeness (QED) is 0.697. The Morgan fingerprint density at radius 1 is 1.75 bits per heavy atom. The Labute approximate surface area is 93.5 Å². The number of carbonyl (C=O) groups excluding carboxylic acids is 1. The molecule has 86 valence electrons. The normalized spacial score (nSPS) is 23.6. The topological polar surface area (TPSA) is 71.5 Å². The summed E-state index contributed by atoms with van der Waals surface area (Å²) in [6, 6.07) is 2.83. The lowest BCUT2D eigenvalue weighted by Crippen LogP contribution is -2.46. The van der Waals surface area contributed by atoms with Crippen LogP contribution in [0.4, 0.5) is 0 Å². The van der Waals surface area contributed by atoms with Gasteiger partial charge in [-0.3, -0.25) is 15.1 Å². The van der Waals surface area contributed by atoms with Crippen LogP contribution in [0, 0.1) is 0 Å². The molecule has 0 radical (unpaired) electrons. The van der Waals surface area contributed by atoms with Crippen molar-refractivity contribution < 1.29 is 14.6 Å². The molecule has 2 unspecified atom stereocenters. The molecule has 0 saturated heterocycles. The van der Waals surface area contributed by atoms with Crippen LogP contribution in [0.1, 0.15) is 24.3 Å². The lowest BCUT2D eigenvalue weighted by Gasteiger charge is -2.28. The third-order valence-corrected chi connectivity index (χ3v) is 2.59. The Morgan fingerprint density at radius 3 is 3.31 bits per heavy atom. The molecular weight excluding hydrogens is 208 g/mol. The van der Waals surface area contributed by atoms with Gasteiger partial charge in [-0.25, -0.2) is 0 Å². The van der Waals surface area contributed by atoms with Gasteiger partial charge in [-0.05, 0) is 13.0 Å². The molecular formula is C11H14N2O3. The number of fused-ring (bicyclic) bond motifs is 1. The van der Waals surface area contributed by atoms with Gasteiger partial charge >= 0.3 is 5.97 Å². The molecule has 0 spiro atoms. The van der Waals surface area contributed by atoms with Crippen LogP contribution >= 0.6 is 0 Å². The predicted molar refractivity (Wildman–Crippen MR) is 56.5 cm³/mol. The van der Waals surface area contributed by atoms with E-state index in [1.54, 1.807) is 25.3 Å². The molecule has 1 aromatic heterocycles. The number of ether oxygens (including phenoxy) is 1. The lowest BCUT2D eigenvalue weighted by atomic mass is 9.96. The number of rotatable bonds is 2. The second kappa shape index (κ2) is 4.59. The summed E-state index contributed by atoms with van der Waals surface area (Å²) in [5.74, 6) is -0.426. The molecule has 1 aromatic rings. The summed E-state index contributed by atoms with van der Waals surface area (Å²) in [7, 11) is 0. The van der Waals surface area contributed by atoms with Gasteiger partial charge in [0.15, 0.2) is 0 Å². The summed E-state index contributed by atoms with van der Waals surface area (Å²) in [5.41, 5.74) is 1.47. The maximum atomic E-state index is 11.6. The van der Waals surface area contributed by atoms with Crippen molar-refractivity contribution in [3.8, 4) is 0 Å². The fraction of sp³-hybridized carbons (Fsp3) is 0.455. The largest absolute Gasteiger partial charge is 0.465 e. The molecule has 2 heterocycles. The van der Waals surface area contributed by atoms with Gasteiger partial charge in [0.1, 0.15) is 12.1 Å². The number of esters is 1. The summed E-state index contributed by atoms with van der Waals surface area (Å²) in [6.07, 6.45) is 0.772. The summed E-state index contributed by atoms with van der Waals surface area (Å²) < 4.78 is 4.88. The van der Waals surface area contributed by atoms with Gasteiger partial charge in [0.05, 0.1) is 12.3 Å². The highest BCUT2D eigenvalue weighted by molar-refractivity contribution is 5.77. The Morgan fingerprint density at radius 2 is 2.56 bits per heavy atom. The van der Waals surface area contributed by atoms with Gasteiger partial charge in [-0.1, -0.05) is 6.07 Å². The van der Waals surface area contributed by atoms with Crippen LogP contribution in [0.5, 0.6) is 0 Å². The van der Waals surface area contributed by atoms with E-state index in [4.69, 9.17) is 4.74 Å². The first-order chi connectivity index (χ1) is 7.74. The van der Waals surface area contributed by atoms with Crippen LogP contribution in [0.2, 0.25) is 0 Å².